The minimum Gasteiger partial charge on any atom is -0.504 e. The fourth-order valence-electron chi connectivity index (χ4n) is 3.72. The number of nitrogens with zero attached hydrogens (tertiary/aromatic N) is 1. The summed E-state index contributed by atoms with van der Waals surface area (Å²) in [6.07, 6.45) is 0. The Kier molecular flexibility index (Phi) is 5.85. The molecule has 0 saturated heterocycles. The van der Waals surface area contributed by atoms with Gasteiger partial charge in [-0.25, -0.2) is 0 Å². The monoisotopic (exact) mass is 423 g/mol. The van der Waals surface area contributed by atoms with E-state index < -0.39 is 23.1 Å². The molecule has 0 radical (unpaired) electrons. The molecule has 2 aromatic rings. The van der Waals surface area contributed by atoms with Gasteiger partial charge in [-0.2, -0.15) is 0 Å². The van der Waals surface area contributed by atoms with Crippen molar-refractivity contribution in [2.75, 3.05) is 12.0 Å². The average Bonchev–Trinajstić information content (AvgIpc) is 2.97. The minimum absolute atomic E-state index is 0.0232. The maximum absolute atomic E-state index is 13.3. The minimum atomic E-state index is -0.874. The number of amides is 1. The third kappa shape index (κ3) is 4.02. The molecule has 0 aromatic heterocycles. The van der Waals surface area contributed by atoms with E-state index >= 15 is 0 Å². The smallest absolute Gasteiger partial charge is 0.294 e. The molecule has 31 heavy (non-hydrogen) atoms. The predicted molar refractivity (Wildman–Crippen MR) is 120 cm³/mol. The zero-order valence-corrected chi connectivity index (χ0v) is 18.8. The molecule has 1 amide bonds. The van der Waals surface area contributed by atoms with E-state index in [0.717, 1.165) is 5.56 Å². The topological polar surface area (TPSA) is 87.1 Å². The molecule has 2 aromatic carbocycles. The highest BCUT2D eigenvalue weighted by atomic mass is 16.5. The van der Waals surface area contributed by atoms with Crippen LogP contribution in [0.15, 0.2) is 53.8 Å². The molecule has 3 rings (SSSR count). The maximum Gasteiger partial charge on any atom is 0.294 e. The van der Waals surface area contributed by atoms with Crippen molar-refractivity contribution in [2.45, 2.75) is 46.6 Å². The Hall–Kier alpha value is -3.28. The molecular formula is C25H29NO5. The summed E-state index contributed by atoms with van der Waals surface area (Å²) in [6, 6.07) is 11.3. The number of aliphatic hydroxyl groups excluding tert-OH is 1. The number of phenols is 1. The van der Waals surface area contributed by atoms with Crippen LogP contribution in [0.4, 0.5) is 5.69 Å². The van der Waals surface area contributed by atoms with Gasteiger partial charge in [0.15, 0.2) is 23.0 Å². The molecule has 164 valence electrons. The van der Waals surface area contributed by atoms with Crippen LogP contribution in [-0.2, 0) is 9.59 Å². The van der Waals surface area contributed by atoms with Gasteiger partial charge in [-0.15, -0.1) is 0 Å². The molecule has 1 aliphatic heterocycles. The number of aliphatic hydroxyl groups is 1. The Labute approximate surface area is 182 Å². The quantitative estimate of drug-likeness (QED) is 0.704. The van der Waals surface area contributed by atoms with Crippen LogP contribution >= 0.6 is 0 Å². The van der Waals surface area contributed by atoms with E-state index in [1.54, 1.807) is 45.0 Å². The number of anilines is 1. The van der Waals surface area contributed by atoms with Crippen molar-refractivity contribution in [2.24, 2.45) is 5.41 Å². The number of rotatable bonds is 5. The summed E-state index contributed by atoms with van der Waals surface area (Å²) in [6.45, 7) is 9.37. The van der Waals surface area contributed by atoms with E-state index in [2.05, 4.69) is 13.8 Å². The van der Waals surface area contributed by atoms with Crippen LogP contribution in [0.5, 0.6) is 11.5 Å². The van der Waals surface area contributed by atoms with E-state index in [1.165, 1.54) is 18.1 Å². The molecule has 0 fully saturated rings. The predicted octanol–water partition coefficient (Wildman–Crippen LogP) is 5.04. The second kappa shape index (κ2) is 8.10. The Bertz CT molecular complexity index is 1040. The van der Waals surface area contributed by atoms with E-state index in [9.17, 15) is 19.8 Å². The summed E-state index contributed by atoms with van der Waals surface area (Å²) < 4.78 is 5.12. The molecule has 1 atom stereocenters. The van der Waals surface area contributed by atoms with Crippen molar-refractivity contribution < 1.29 is 24.5 Å². The molecule has 0 aliphatic carbocycles. The Balaban J connectivity index is 2.19. The zero-order valence-electron chi connectivity index (χ0n) is 18.8. The van der Waals surface area contributed by atoms with Gasteiger partial charge in [-0.3, -0.25) is 14.5 Å². The Morgan fingerprint density at radius 3 is 2.16 bits per heavy atom. The van der Waals surface area contributed by atoms with Crippen LogP contribution in [0.25, 0.3) is 0 Å². The van der Waals surface area contributed by atoms with Crippen LogP contribution in [0.3, 0.4) is 0 Å². The summed E-state index contributed by atoms with van der Waals surface area (Å²) >= 11 is 0. The molecule has 6 heteroatoms. The molecule has 2 N–H and O–H groups in total. The fraction of sp³-hybridized carbons (Fsp3) is 0.360. The molecule has 1 heterocycles. The van der Waals surface area contributed by atoms with Crippen LogP contribution in [0, 0.1) is 5.41 Å². The second-order valence-electron chi connectivity index (χ2n) is 9.10. The highest BCUT2D eigenvalue weighted by molar-refractivity contribution is 6.17. The second-order valence-corrected chi connectivity index (χ2v) is 9.10. The number of carbonyl (C=O) groups is 2. The number of aromatic hydroxyl groups is 1. The number of hydrogen-bond acceptors (Lipinski definition) is 5. The van der Waals surface area contributed by atoms with E-state index in [0.29, 0.717) is 17.2 Å². The average molecular weight is 424 g/mol. The normalized spacial score (nSPS) is 16.9. The van der Waals surface area contributed by atoms with Crippen molar-refractivity contribution in [1.82, 2.24) is 0 Å². The molecule has 1 aliphatic rings. The first-order chi connectivity index (χ1) is 14.5. The van der Waals surface area contributed by atoms with Gasteiger partial charge < -0.3 is 14.9 Å². The maximum atomic E-state index is 13.3. The highest BCUT2D eigenvalue weighted by Gasteiger charge is 2.46. The number of Topliss-reactive ketones (excluding diaryl/α,β-unsaturated/α-hetero) is 1. The van der Waals surface area contributed by atoms with Crippen molar-refractivity contribution in [3.05, 3.63) is 64.9 Å². The lowest BCUT2D eigenvalue weighted by atomic mass is 9.82. The Morgan fingerprint density at radius 2 is 1.68 bits per heavy atom. The summed E-state index contributed by atoms with van der Waals surface area (Å²) in [5.74, 6) is -1.06. The summed E-state index contributed by atoms with van der Waals surface area (Å²) in [5.41, 5.74) is 1.37. The van der Waals surface area contributed by atoms with Gasteiger partial charge in [0.25, 0.3) is 5.91 Å². The highest BCUT2D eigenvalue weighted by Crippen LogP contribution is 2.45. The van der Waals surface area contributed by atoms with E-state index in [-0.39, 0.29) is 22.9 Å². The van der Waals surface area contributed by atoms with Gasteiger partial charge in [-0.05, 0) is 41.3 Å². The number of ketones is 1. The van der Waals surface area contributed by atoms with Gasteiger partial charge >= 0.3 is 0 Å². The van der Waals surface area contributed by atoms with E-state index in [4.69, 9.17) is 4.74 Å². The lowest BCUT2D eigenvalue weighted by molar-refractivity contribution is -0.123. The Morgan fingerprint density at radius 1 is 1.06 bits per heavy atom. The third-order valence-electron chi connectivity index (χ3n) is 5.49. The van der Waals surface area contributed by atoms with Gasteiger partial charge in [0.1, 0.15) is 0 Å². The lowest BCUT2D eigenvalue weighted by Gasteiger charge is -2.29. The van der Waals surface area contributed by atoms with Gasteiger partial charge in [-0.1, -0.05) is 52.8 Å². The SMILES string of the molecule is COc1ccc(C2C(C(=O)C(C)(C)C)=C(O)C(=O)N2c2ccc(C(C)C)cc2)cc1O. The van der Waals surface area contributed by atoms with Crippen LogP contribution in [0.2, 0.25) is 0 Å². The van der Waals surface area contributed by atoms with Crippen LogP contribution in [0.1, 0.15) is 57.7 Å². The lowest BCUT2D eigenvalue weighted by Crippen LogP contribution is -2.32. The molecule has 0 saturated carbocycles. The van der Waals surface area contributed by atoms with Crippen molar-refractivity contribution in [1.29, 1.82) is 0 Å². The molecular weight excluding hydrogens is 394 g/mol. The molecule has 0 spiro atoms. The molecule has 1 unspecified atom stereocenters. The standard InChI is InChI=1S/C25H29NO5/c1-14(2)15-7-10-17(11-8-15)26-21(16-9-12-19(31-6)18(27)13-16)20(22(28)24(26)30)23(29)25(3,4)5/h7-14,21,27-28H,1-6H3. The zero-order chi connectivity index (χ0) is 23.1. The fourth-order valence-corrected chi connectivity index (χ4v) is 3.72. The third-order valence-corrected chi connectivity index (χ3v) is 5.49. The number of methoxy groups -OCH3 is 1. The first-order valence-electron chi connectivity index (χ1n) is 10.3. The van der Waals surface area contributed by atoms with Gasteiger partial charge in [0.2, 0.25) is 0 Å². The molecule has 0 bridgehead atoms. The number of carbonyl (C=O) groups excluding carboxylic acids is 2. The first-order valence-corrected chi connectivity index (χ1v) is 10.3. The van der Waals surface area contributed by atoms with E-state index in [1.807, 2.05) is 12.1 Å². The summed E-state index contributed by atoms with van der Waals surface area (Å²) in [4.78, 5) is 27.8. The van der Waals surface area contributed by atoms with Gasteiger partial charge in [0, 0.05) is 11.1 Å². The molecule has 6 nitrogen and oxygen atoms in total. The van der Waals surface area contributed by atoms with Crippen molar-refractivity contribution in [3.8, 4) is 11.5 Å². The number of benzene rings is 2. The van der Waals surface area contributed by atoms with Crippen molar-refractivity contribution in [3.63, 3.8) is 0 Å². The van der Waals surface area contributed by atoms with Crippen LogP contribution in [-0.4, -0.2) is 29.0 Å². The number of hydrogen-bond donors (Lipinski definition) is 2. The number of ether oxygens (including phenoxy) is 1. The van der Waals surface area contributed by atoms with Crippen molar-refractivity contribution >= 4 is 17.4 Å². The summed E-state index contributed by atoms with van der Waals surface area (Å²) in [5, 5.41) is 21.1. The van der Waals surface area contributed by atoms with Crippen LogP contribution < -0.4 is 9.64 Å². The number of phenolic OH excluding ortho intramolecular Hbond substituents is 1. The van der Waals surface area contributed by atoms with Gasteiger partial charge in [0.05, 0.1) is 18.7 Å². The first kappa shape index (κ1) is 22.4. The largest absolute Gasteiger partial charge is 0.504 e. The summed E-state index contributed by atoms with van der Waals surface area (Å²) in [7, 11) is 1.44.